The van der Waals surface area contributed by atoms with E-state index in [0.717, 1.165) is 11.3 Å². The van der Waals surface area contributed by atoms with Crippen molar-refractivity contribution in [1.82, 2.24) is 9.62 Å². The van der Waals surface area contributed by atoms with Crippen LogP contribution in [0, 0.1) is 5.82 Å². The molecule has 3 rings (SSSR count). The Kier molecular flexibility index (Phi) is 4.83. The Morgan fingerprint density at radius 2 is 2.04 bits per heavy atom. The SMILES string of the molecule is CS(=O)(=O)N1CCC(NC(=O)c2sc3cc(F)ccc3c2Cl)CC1. The van der Waals surface area contributed by atoms with E-state index in [-0.39, 0.29) is 17.8 Å². The van der Waals surface area contributed by atoms with Crippen molar-refractivity contribution in [2.45, 2.75) is 18.9 Å². The zero-order valence-electron chi connectivity index (χ0n) is 12.9. The lowest BCUT2D eigenvalue weighted by Gasteiger charge is -2.30. The number of thiophene rings is 1. The lowest BCUT2D eigenvalue weighted by molar-refractivity contribution is 0.0928. The van der Waals surface area contributed by atoms with E-state index in [9.17, 15) is 17.6 Å². The monoisotopic (exact) mass is 390 g/mol. The standard InChI is InChI=1S/C15H16ClFN2O3S2/c1-24(21,22)19-6-4-10(5-7-19)18-15(20)14-13(16)11-3-2-9(17)8-12(11)23-14/h2-3,8,10H,4-7H2,1H3,(H,18,20). The first-order chi connectivity index (χ1) is 11.3. The number of sulfonamides is 1. The van der Waals surface area contributed by atoms with Gasteiger partial charge in [0.25, 0.3) is 5.91 Å². The Morgan fingerprint density at radius 1 is 1.38 bits per heavy atom. The molecule has 24 heavy (non-hydrogen) atoms. The number of nitrogens with one attached hydrogen (secondary N) is 1. The van der Waals surface area contributed by atoms with Gasteiger partial charge in [-0.15, -0.1) is 11.3 Å². The second-order valence-electron chi connectivity index (χ2n) is 5.80. The molecule has 5 nitrogen and oxygen atoms in total. The molecule has 0 radical (unpaired) electrons. The van der Waals surface area contributed by atoms with Gasteiger partial charge in [-0.25, -0.2) is 17.1 Å². The van der Waals surface area contributed by atoms with Gasteiger partial charge in [-0.3, -0.25) is 4.79 Å². The van der Waals surface area contributed by atoms with Crippen molar-refractivity contribution < 1.29 is 17.6 Å². The van der Waals surface area contributed by atoms with Crippen molar-refractivity contribution in [3.8, 4) is 0 Å². The fourth-order valence-corrected chi connectivity index (χ4v) is 5.09. The molecule has 9 heteroatoms. The molecule has 1 fully saturated rings. The molecule has 0 spiro atoms. The lowest BCUT2D eigenvalue weighted by Crippen LogP contribution is -2.46. The summed E-state index contributed by atoms with van der Waals surface area (Å²) in [4.78, 5) is 12.8. The molecule has 1 N–H and O–H groups in total. The fraction of sp³-hybridized carbons (Fsp3) is 0.400. The summed E-state index contributed by atoms with van der Waals surface area (Å²) in [5.41, 5.74) is 0. The van der Waals surface area contributed by atoms with Crippen LogP contribution in [-0.2, 0) is 10.0 Å². The summed E-state index contributed by atoms with van der Waals surface area (Å²) in [7, 11) is -3.19. The molecule has 1 aromatic carbocycles. The van der Waals surface area contributed by atoms with E-state index < -0.39 is 10.0 Å². The van der Waals surface area contributed by atoms with E-state index >= 15 is 0 Å². The maximum atomic E-state index is 13.3. The van der Waals surface area contributed by atoms with E-state index in [1.54, 1.807) is 6.07 Å². The molecular weight excluding hydrogens is 375 g/mol. The van der Waals surface area contributed by atoms with Gasteiger partial charge in [0.15, 0.2) is 0 Å². The summed E-state index contributed by atoms with van der Waals surface area (Å²) in [6.07, 6.45) is 2.29. The van der Waals surface area contributed by atoms with Crippen LogP contribution in [0.4, 0.5) is 4.39 Å². The highest BCUT2D eigenvalue weighted by molar-refractivity contribution is 7.88. The number of fused-ring (bicyclic) bond motifs is 1. The van der Waals surface area contributed by atoms with Crippen LogP contribution in [0.1, 0.15) is 22.5 Å². The predicted octanol–water partition coefficient (Wildman–Crippen LogP) is 2.85. The summed E-state index contributed by atoms with van der Waals surface area (Å²) in [6, 6.07) is 4.12. The molecule has 1 amide bonds. The fourth-order valence-electron chi connectivity index (χ4n) is 2.77. The number of nitrogens with zero attached hydrogens (tertiary/aromatic N) is 1. The van der Waals surface area contributed by atoms with Crippen LogP contribution >= 0.6 is 22.9 Å². The average molecular weight is 391 g/mol. The molecule has 2 aromatic rings. The molecule has 1 saturated heterocycles. The number of amides is 1. The minimum absolute atomic E-state index is 0.103. The van der Waals surface area contributed by atoms with Crippen molar-refractivity contribution in [2.75, 3.05) is 19.3 Å². The summed E-state index contributed by atoms with van der Waals surface area (Å²) in [5.74, 6) is -0.681. The lowest BCUT2D eigenvalue weighted by atomic mass is 10.1. The van der Waals surface area contributed by atoms with Crippen LogP contribution in [0.3, 0.4) is 0 Å². The van der Waals surface area contributed by atoms with Crippen LogP contribution in [0.5, 0.6) is 0 Å². The third kappa shape index (κ3) is 3.56. The van der Waals surface area contributed by atoms with Gasteiger partial charge in [0, 0.05) is 29.2 Å². The molecule has 0 saturated carbocycles. The van der Waals surface area contributed by atoms with Crippen LogP contribution in [0.25, 0.3) is 10.1 Å². The van der Waals surface area contributed by atoms with Crippen molar-refractivity contribution in [3.63, 3.8) is 0 Å². The van der Waals surface area contributed by atoms with Gasteiger partial charge in [0.2, 0.25) is 10.0 Å². The van der Waals surface area contributed by atoms with Crippen LogP contribution < -0.4 is 5.32 Å². The Labute approximate surface area is 148 Å². The molecular formula is C15H16ClFN2O3S2. The number of carbonyl (C=O) groups excluding carboxylic acids is 1. The smallest absolute Gasteiger partial charge is 0.263 e. The molecule has 0 aliphatic carbocycles. The summed E-state index contributed by atoms with van der Waals surface area (Å²) >= 11 is 7.39. The highest BCUT2D eigenvalue weighted by atomic mass is 35.5. The minimum atomic E-state index is -3.19. The van der Waals surface area contributed by atoms with Gasteiger partial charge < -0.3 is 5.32 Å². The molecule has 0 bridgehead atoms. The Morgan fingerprint density at radius 3 is 2.67 bits per heavy atom. The highest BCUT2D eigenvalue weighted by Crippen LogP contribution is 2.35. The zero-order chi connectivity index (χ0) is 17.5. The molecule has 1 aliphatic heterocycles. The van der Waals surface area contributed by atoms with Crippen molar-refractivity contribution in [1.29, 1.82) is 0 Å². The number of hydrogen-bond acceptors (Lipinski definition) is 4. The summed E-state index contributed by atoms with van der Waals surface area (Å²) in [5, 5.41) is 3.87. The molecule has 2 heterocycles. The van der Waals surface area contributed by atoms with Crippen LogP contribution in [0.15, 0.2) is 18.2 Å². The van der Waals surface area contributed by atoms with Crippen LogP contribution in [0.2, 0.25) is 5.02 Å². The third-order valence-electron chi connectivity index (χ3n) is 4.06. The maximum absolute atomic E-state index is 13.3. The first kappa shape index (κ1) is 17.6. The van der Waals surface area contributed by atoms with Crippen molar-refractivity contribution >= 4 is 49.0 Å². The van der Waals surface area contributed by atoms with E-state index in [0.29, 0.717) is 45.9 Å². The summed E-state index contributed by atoms with van der Waals surface area (Å²) < 4.78 is 38.3. The Balaban J connectivity index is 1.71. The number of piperidine rings is 1. The minimum Gasteiger partial charge on any atom is -0.348 e. The van der Waals surface area contributed by atoms with Gasteiger partial charge in [-0.05, 0) is 31.0 Å². The topological polar surface area (TPSA) is 66.5 Å². The predicted molar refractivity (Wildman–Crippen MR) is 93.7 cm³/mol. The van der Waals surface area contributed by atoms with Crippen molar-refractivity contribution in [2.24, 2.45) is 0 Å². The number of halogens is 2. The van der Waals surface area contributed by atoms with Gasteiger partial charge >= 0.3 is 0 Å². The number of benzene rings is 1. The quantitative estimate of drug-likeness (QED) is 0.876. The van der Waals surface area contributed by atoms with E-state index in [2.05, 4.69) is 5.32 Å². The number of carbonyl (C=O) groups is 1. The van der Waals surface area contributed by atoms with Gasteiger partial charge in [-0.2, -0.15) is 0 Å². The van der Waals surface area contributed by atoms with Crippen LogP contribution in [-0.4, -0.2) is 44.0 Å². The van der Waals surface area contributed by atoms with Gasteiger partial charge in [0.05, 0.1) is 11.3 Å². The summed E-state index contributed by atoms with van der Waals surface area (Å²) in [6.45, 7) is 0.768. The molecule has 130 valence electrons. The number of hydrogen-bond donors (Lipinski definition) is 1. The Hall–Kier alpha value is -1.22. The van der Waals surface area contributed by atoms with E-state index in [1.165, 1.54) is 22.7 Å². The Bertz CT molecular complexity index is 890. The number of rotatable bonds is 3. The van der Waals surface area contributed by atoms with Gasteiger partial charge in [-0.1, -0.05) is 11.6 Å². The average Bonchev–Trinajstić information content (AvgIpc) is 2.83. The second-order valence-corrected chi connectivity index (χ2v) is 9.21. The van der Waals surface area contributed by atoms with Crippen molar-refractivity contribution in [3.05, 3.63) is 33.9 Å². The third-order valence-corrected chi connectivity index (χ3v) is 7.02. The first-order valence-electron chi connectivity index (χ1n) is 7.39. The zero-order valence-corrected chi connectivity index (χ0v) is 15.3. The first-order valence-corrected chi connectivity index (χ1v) is 10.4. The second kappa shape index (κ2) is 6.59. The largest absolute Gasteiger partial charge is 0.348 e. The molecule has 0 unspecified atom stereocenters. The van der Waals surface area contributed by atoms with Gasteiger partial charge in [0.1, 0.15) is 10.7 Å². The molecule has 1 aliphatic rings. The molecule has 1 aromatic heterocycles. The molecule has 0 atom stereocenters. The van der Waals surface area contributed by atoms with E-state index in [4.69, 9.17) is 11.6 Å². The van der Waals surface area contributed by atoms with E-state index in [1.807, 2.05) is 0 Å². The maximum Gasteiger partial charge on any atom is 0.263 e. The normalized spacial score (nSPS) is 17.3. The highest BCUT2D eigenvalue weighted by Gasteiger charge is 2.27.